The molecule has 0 saturated carbocycles. The van der Waals surface area contributed by atoms with Gasteiger partial charge in [0.05, 0.1) is 33.0 Å². The number of rotatable bonds is 4. The van der Waals surface area contributed by atoms with Crippen LogP contribution in [-0.4, -0.2) is 18.1 Å². The molecular weight excluding hydrogens is 473 g/mol. The third-order valence-corrected chi connectivity index (χ3v) is 6.55. The Kier molecular flexibility index (Phi) is 6.43. The highest BCUT2D eigenvalue weighted by molar-refractivity contribution is 8.18. The van der Waals surface area contributed by atoms with Crippen molar-refractivity contribution in [2.75, 3.05) is 7.05 Å². The van der Waals surface area contributed by atoms with Crippen LogP contribution < -0.4 is 15.9 Å². The molecule has 5 nitrogen and oxygen atoms in total. The largest absolute Gasteiger partial charge is 0.416 e. The van der Waals surface area contributed by atoms with Crippen LogP contribution in [0, 0.1) is 11.3 Å². The Labute approximate surface area is 204 Å². The number of amides is 1. The fourth-order valence-electron chi connectivity index (χ4n) is 3.75. The van der Waals surface area contributed by atoms with E-state index in [9.17, 15) is 23.2 Å². The van der Waals surface area contributed by atoms with Crippen molar-refractivity contribution < 1.29 is 18.0 Å². The number of amidine groups is 1. The zero-order chi connectivity index (χ0) is 25.4. The fourth-order valence-corrected chi connectivity index (χ4v) is 4.53. The Bertz CT molecular complexity index is 1480. The number of allylic oxidation sites excluding steroid dienone is 2. The van der Waals surface area contributed by atoms with Gasteiger partial charge in [-0.2, -0.15) is 18.4 Å². The minimum Gasteiger partial charge on any atom is -0.300 e. The summed E-state index contributed by atoms with van der Waals surface area (Å²) < 4.78 is 41.2. The minimum absolute atomic E-state index is 0.0447. The van der Waals surface area contributed by atoms with Crippen LogP contribution in [0.3, 0.4) is 0 Å². The number of hydrogen-bond acceptors (Lipinski definition) is 5. The van der Waals surface area contributed by atoms with Gasteiger partial charge in [-0.3, -0.25) is 9.79 Å². The smallest absolute Gasteiger partial charge is 0.300 e. The number of thioether (sulfide) groups is 1. The van der Waals surface area contributed by atoms with Gasteiger partial charge >= 0.3 is 6.18 Å². The normalized spacial score (nSPS) is 18.9. The van der Waals surface area contributed by atoms with Gasteiger partial charge in [0.1, 0.15) is 5.84 Å². The van der Waals surface area contributed by atoms with Gasteiger partial charge in [-0.1, -0.05) is 24.3 Å². The molecule has 2 heterocycles. The number of fused-ring (bicyclic) bond motifs is 1. The van der Waals surface area contributed by atoms with Crippen molar-refractivity contribution in [3.63, 3.8) is 0 Å². The number of carbonyl (C=O) groups is 1. The van der Waals surface area contributed by atoms with Crippen LogP contribution in [0.15, 0.2) is 63.1 Å². The summed E-state index contributed by atoms with van der Waals surface area (Å²) in [5.74, 6) is 0.513. The van der Waals surface area contributed by atoms with Crippen LogP contribution in [0.1, 0.15) is 36.1 Å². The maximum atomic E-state index is 13.7. The highest BCUT2D eigenvalue weighted by Gasteiger charge is 2.35. The van der Waals surface area contributed by atoms with Crippen LogP contribution in [-0.2, 0) is 18.0 Å². The molecule has 0 atom stereocenters. The summed E-state index contributed by atoms with van der Waals surface area (Å²) in [5.41, 5.74) is 0.0986. The number of nitrogens with one attached hydrogen (secondary N) is 1. The first-order valence-corrected chi connectivity index (χ1v) is 11.5. The van der Waals surface area contributed by atoms with Crippen LogP contribution >= 0.6 is 11.8 Å². The highest BCUT2D eigenvalue weighted by Crippen LogP contribution is 2.36. The SMILES string of the molecule is CN=C1NC(=O)S/C1=C\c1ccc2c(c1)=CC(=CCc1ccc(C(C)(C)C#N)cc1C(F)(F)F)N=2. The summed E-state index contributed by atoms with van der Waals surface area (Å²) >= 11 is 1.07. The number of aliphatic imine (C=N–C) groups is 1. The van der Waals surface area contributed by atoms with E-state index < -0.39 is 17.2 Å². The highest BCUT2D eigenvalue weighted by atomic mass is 32.2. The molecule has 9 heteroatoms. The Morgan fingerprint density at radius 2 is 1.97 bits per heavy atom. The second-order valence-electron chi connectivity index (χ2n) is 8.61. The van der Waals surface area contributed by atoms with E-state index in [2.05, 4.69) is 15.3 Å². The first-order chi connectivity index (χ1) is 16.5. The molecule has 0 aromatic heterocycles. The number of benzene rings is 2. The van der Waals surface area contributed by atoms with Crippen molar-refractivity contribution >= 4 is 35.0 Å². The van der Waals surface area contributed by atoms with Gasteiger partial charge in [0, 0.05) is 12.3 Å². The average Bonchev–Trinajstić information content (AvgIpc) is 3.38. The van der Waals surface area contributed by atoms with Gasteiger partial charge in [-0.25, -0.2) is 4.99 Å². The Hall–Kier alpha value is -3.64. The van der Waals surface area contributed by atoms with Gasteiger partial charge in [0.15, 0.2) is 0 Å². The summed E-state index contributed by atoms with van der Waals surface area (Å²) in [6.07, 6.45) is 0.836. The topological polar surface area (TPSA) is 77.6 Å². The predicted octanol–water partition coefficient (Wildman–Crippen LogP) is 4.87. The summed E-state index contributed by atoms with van der Waals surface area (Å²) in [6.45, 7) is 3.18. The summed E-state index contributed by atoms with van der Waals surface area (Å²) in [7, 11) is 1.60. The van der Waals surface area contributed by atoms with E-state index in [1.54, 1.807) is 33.0 Å². The zero-order valence-electron chi connectivity index (χ0n) is 19.2. The predicted molar refractivity (Wildman–Crippen MR) is 131 cm³/mol. The van der Waals surface area contributed by atoms with Crippen LogP contribution in [0.4, 0.5) is 18.0 Å². The molecule has 0 radical (unpaired) electrons. The van der Waals surface area contributed by atoms with Crippen molar-refractivity contribution in [3.05, 3.63) is 85.9 Å². The maximum Gasteiger partial charge on any atom is 0.416 e. The van der Waals surface area contributed by atoms with Gasteiger partial charge in [-0.05, 0) is 79.1 Å². The molecule has 2 aromatic carbocycles. The second-order valence-corrected chi connectivity index (χ2v) is 9.62. The van der Waals surface area contributed by atoms with E-state index in [1.807, 2.05) is 36.4 Å². The molecule has 1 amide bonds. The lowest BCUT2D eigenvalue weighted by molar-refractivity contribution is -0.138. The number of nitriles is 1. The molecule has 2 aromatic rings. The van der Waals surface area contributed by atoms with Crippen molar-refractivity contribution in [1.82, 2.24) is 5.32 Å². The second kappa shape index (κ2) is 9.19. The third-order valence-electron chi connectivity index (χ3n) is 5.73. The molecule has 0 spiro atoms. The molecule has 2 aliphatic rings. The lowest BCUT2D eigenvalue weighted by Gasteiger charge is -2.20. The number of nitrogens with zero attached hydrogens (tertiary/aromatic N) is 3. The first kappa shape index (κ1) is 24.5. The van der Waals surface area contributed by atoms with E-state index in [4.69, 9.17) is 0 Å². The molecule has 0 bridgehead atoms. The van der Waals surface area contributed by atoms with Crippen LogP contribution in [0.25, 0.3) is 12.2 Å². The summed E-state index contributed by atoms with van der Waals surface area (Å²) in [6, 6.07) is 11.7. The quantitative estimate of drug-likeness (QED) is 0.659. The molecule has 1 fully saturated rings. The lowest BCUT2D eigenvalue weighted by Crippen LogP contribution is -2.21. The standard InChI is InChI=1S/C26H21F3N4OS/c1-25(2,14-30)18-7-5-16(20(13-18)26(27,28)29)6-8-19-12-17-10-15(4-9-21(17)32-19)11-22-23(31-3)33-24(34)35-22/h4-5,7-13H,6H2,1-3H3,(H,31,33,34)/b19-8?,22-11-. The number of halogens is 3. The van der Waals surface area contributed by atoms with E-state index in [1.165, 1.54) is 6.07 Å². The minimum atomic E-state index is -4.54. The van der Waals surface area contributed by atoms with Crippen molar-refractivity contribution in [2.45, 2.75) is 31.9 Å². The van der Waals surface area contributed by atoms with Crippen molar-refractivity contribution in [1.29, 1.82) is 5.26 Å². The van der Waals surface area contributed by atoms with E-state index >= 15 is 0 Å². The molecule has 0 aliphatic carbocycles. The summed E-state index contributed by atoms with van der Waals surface area (Å²) in [4.78, 5) is 20.9. The van der Waals surface area contributed by atoms with Gasteiger partial charge in [-0.15, -0.1) is 0 Å². The molecular formula is C26H21F3N4OS. The van der Waals surface area contributed by atoms with E-state index in [-0.39, 0.29) is 17.2 Å². The first-order valence-electron chi connectivity index (χ1n) is 10.7. The molecule has 35 heavy (non-hydrogen) atoms. The zero-order valence-corrected chi connectivity index (χ0v) is 20.0. The summed E-state index contributed by atoms with van der Waals surface area (Å²) in [5, 5.41) is 13.3. The molecule has 0 unspecified atom stereocenters. The van der Waals surface area contributed by atoms with Gasteiger partial charge < -0.3 is 5.32 Å². The Balaban J connectivity index is 1.62. The van der Waals surface area contributed by atoms with E-state index in [0.29, 0.717) is 22.0 Å². The number of alkyl halides is 3. The molecule has 178 valence electrons. The molecule has 4 rings (SSSR count). The van der Waals surface area contributed by atoms with Crippen molar-refractivity contribution in [3.8, 4) is 6.07 Å². The third kappa shape index (κ3) is 5.23. The monoisotopic (exact) mass is 494 g/mol. The average molecular weight is 495 g/mol. The van der Waals surface area contributed by atoms with Crippen LogP contribution in [0.2, 0.25) is 0 Å². The maximum absolute atomic E-state index is 13.7. The molecule has 2 aliphatic heterocycles. The number of carbonyl (C=O) groups excluding carboxylic acids is 1. The van der Waals surface area contributed by atoms with Gasteiger partial charge in [0.2, 0.25) is 0 Å². The Morgan fingerprint density at radius 1 is 1.20 bits per heavy atom. The molecule has 1 saturated heterocycles. The van der Waals surface area contributed by atoms with Gasteiger partial charge in [0.25, 0.3) is 5.24 Å². The van der Waals surface area contributed by atoms with Crippen molar-refractivity contribution in [2.24, 2.45) is 9.98 Å². The van der Waals surface area contributed by atoms with E-state index in [0.717, 1.165) is 34.0 Å². The molecule has 1 N–H and O–H groups in total. The van der Waals surface area contributed by atoms with Crippen LogP contribution in [0.5, 0.6) is 0 Å². The number of hydrogen-bond donors (Lipinski definition) is 1. The lowest BCUT2D eigenvalue weighted by atomic mass is 9.84. The Morgan fingerprint density at radius 3 is 2.66 bits per heavy atom. The fraction of sp³-hybridized carbons (Fsp3) is 0.231.